The SMILES string of the molecule is CN=C(NCCc1ccc(OC)cc1)NCc1ccc(Br)cc1.I. The van der Waals surface area contributed by atoms with E-state index in [0.29, 0.717) is 0 Å². The van der Waals surface area contributed by atoms with Crippen molar-refractivity contribution in [2.75, 3.05) is 20.7 Å². The van der Waals surface area contributed by atoms with Gasteiger partial charge in [-0.15, -0.1) is 24.0 Å². The number of aliphatic imine (C=N–C) groups is 1. The van der Waals surface area contributed by atoms with Crippen LogP contribution in [-0.2, 0) is 13.0 Å². The third-order valence-electron chi connectivity index (χ3n) is 3.46. The number of rotatable bonds is 6. The minimum atomic E-state index is 0. The summed E-state index contributed by atoms with van der Waals surface area (Å²) < 4.78 is 6.25. The molecule has 130 valence electrons. The molecule has 0 heterocycles. The molecule has 0 saturated heterocycles. The molecule has 0 saturated carbocycles. The van der Waals surface area contributed by atoms with Crippen LogP contribution in [0.3, 0.4) is 0 Å². The quantitative estimate of drug-likeness (QED) is 0.356. The van der Waals surface area contributed by atoms with Gasteiger partial charge in [-0.25, -0.2) is 0 Å². The van der Waals surface area contributed by atoms with Crippen molar-refractivity contribution >= 4 is 45.9 Å². The van der Waals surface area contributed by atoms with Crippen molar-refractivity contribution in [1.29, 1.82) is 0 Å². The number of ether oxygens (including phenoxy) is 1. The van der Waals surface area contributed by atoms with Crippen LogP contribution in [0, 0.1) is 0 Å². The molecule has 0 amide bonds. The molecular weight excluding hydrogens is 481 g/mol. The first kappa shape index (κ1) is 20.8. The van der Waals surface area contributed by atoms with Crippen LogP contribution in [0.4, 0.5) is 0 Å². The van der Waals surface area contributed by atoms with Crippen LogP contribution in [0.25, 0.3) is 0 Å². The maximum absolute atomic E-state index is 5.16. The summed E-state index contributed by atoms with van der Waals surface area (Å²) in [6, 6.07) is 16.4. The zero-order valence-electron chi connectivity index (χ0n) is 13.9. The number of halogens is 2. The molecule has 0 spiro atoms. The van der Waals surface area contributed by atoms with Gasteiger partial charge in [-0.3, -0.25) is 4.99 Å². The number of benzene rings is 2. The monoisotopic (exact) mass is 503 g/mol. The van der Waals surface area contributed by atoms with Crippen LogP contribution < -0.4 is 15.4 Å². The summed E-state index contributed by atoms with van der Waals surface area (Å²) in [6.07, 6.45) is 0.934. The number of nitrogens with zero attached hydrogens (tertiary/aromatic N) is 1. The highest BCUT2D eigenvalue weighted by atomic mass is 127. The molecule has 24 heavy (non-hydrogen) atoms. The summed E-state index contributed by atoms with van der Waals surface area (Å²) in [7, 11) is 3.46. The summed E-state index contributed by atoms with van der Waals surface area (Å²) in [4.78, 5) is 4.24. The van der Waals surface area contributed by atoms with Crippen molar-refractivity contribution in [3.63, 3.8) is 0 Å². The molecule has 0 unspecified atom stereocenters. The topological polar surface area (TPSA) is 45.7 Å². The van der Waals surface area contributed by atoms with Crippen molar-refractivity contribution in [3.05, 3.63) is 64.1 Å². The molecule has 0 aliphatic heterocycles. The van der Waals surface area contributed by atoms with Gasteiger partial charge in [0, 0.05) is 24.6 Å². The largest absolute Gasteiger partial charge is 0.497 e. The summed E-state index contributed by atoms with van der Waals surface area (Å²) in [6.45, 7) is 1.57. The van der Waals surface area contributed by atoms with E-state index in [1.165, 1.54) is 11.1 Å². The molecule has 0 bridgehead atoms. The Morgan fingerprint density at radius 1 is 1.00 bits per heavy atom. The molecule has 0 aromatic heterocycles. The Labute approximate surface area is 169 Å². The molecule has 2 aromatic rings. The Balaban J connectivity index is 0.00000288. The fraction of sp³-hybridized carbons (Fsp3) is 0.278. The number of nitrogens with one attached hydrogen (secondary N) is 2. The molecule has 2 N–H and O–H groups in total. The highest BCUT2D eigenvalue weighted by Crippen LogP contribution is 2.11. The smallest absolute Gasteiger partial charge is 0.191 e. The predicted octanol–water partition coefficient (Wildman–Crippen LogP) is 3.98. The van der Waals surface area contributed by atoms with Gasteiger partial charge in [0.15, 0.2) is 5.96 Å². The van der Waals surface area contributed by atoms with Crippen molar-refractivity contribution in [1.82, 2.24) is 10.6 Å². The maximum atomic E-state index is 5.16. The van der Waals surface area contributed by atoms with Gasteiger partial charge >= 0.3 is 0 Å². The lowest BCUT2D eigenvalue weighted by atomic mass is 10.1. The second kappa shape index (κ2) is 11.3. The molecule has 0 aliphatic rings. The zero-order chi connectivity index (χ0) is 16.5. The van der Waals surface area contributed by atoms with Crippen molar-refractivity contribution in [2.45, 2.75) is 13.0 Å². The van der Waals surface area contributed by atoms with Gasteiger partial charge in [0.2, 0.25) is 0 Å². The van der Waals surface area contributed by atoms with E-state index in [-0.39, 0.29) is 24.0 Å². The van der Waals surface area contributed by atoms with Gasteiger partial charge in [0.25, 0.3) is 0 Å². The van der Waals surface area contributed by atoms with Crippen molar-refractivity contribution in [2.24, 2.45) is 4.99 Å². The molecule has 2 rings (SSSR count). The van der Waals surface area contributed by atoms with E-state index in [4.69, 9.17) is 4.74 Å². The van der Waals surface area contributed by atoms with Crippen molar-refractivity contribution < 1.29 is 4.74 Å². The van der Waals surface area contributed by atoms with Gasteiger partial charge in [-0.05, 0) is 41.8 Å². The third kappa shape index (κ3) is 7.09. The van der Waals surface area contributed by atoms with Crippen LogP contribution in [-0.4, -0.2) is 26.7 Å². The molecular formula is C18H23BrIN3O. The van der Waals surface area contributed by atoms with E-state index < -0.39 is 0 Å². The van der Waals surface area contributed by atoms with Gasteiger partial charge in [0.1, 0.15) is 5.75 Å². The van der Waals surface area contributed by atoms with E-state index in [2.05, 4.69) is 55.8 Å². The first-order valence-corrected chi connectivity index (χ1v) is 8.32. The number of guanidine groups is 1. The Morgan fingerprint density at radius 3 is 2.21 bits per heavy atom. The Kier molecular flexibility index (Phi) is 9.78. The lowest BCUT2D eigenvalue weighted by molar-refractivity contribution is 0.414. The van der Waals surface area contributed by atoms with Crippen LogP contribution in [0.2, 0.25) is 0 Å². The highest BCUT2D eigenvalue weighted by molar-refractivity contribution is 14.0. The lowest BCUT2D eigenvalue weighted by Gasteiger charge is -2.12. The molecule has 0 atom stereocenters. The van der Waals surface area contributed by atoms with Crippen LogP contribution in [0.5, 0.6) is 5.75 Å². The number of methoxy groups -OCH3 is 1. The van der Waals surface area contributed by atoms with E-state index in [1.807, 2.05) is 24.3 Å². The summed E-state index contributed by atoms with van der Waals surface area (Å²) in [5, 5.41) is 6.64. The summed E-state index contributed by atoms with van der Waals surface area (Å²) in [5.41, 5.74) is 2.48. The van der Waals surface area contributed by atoms with Gasteiger partial charge in [-0.1, -0.05) is 40.2 Å². The molecule has 4 nitrogen and oxygen atoms in total. The summed E-state index contributed by atoms with van der Waals surface area (Å²) in [5.74, 6) is 1.69. The van der Waals surface area contributed by atoms with Crippen molar-refractivity contribution in [3.8, 4) is 5.75 Å². The van der Waals surface area contributed by atoms with E-state index in [1.54, 1.807) is 14.2 Å². The maximum Gasteiger partial charge on any atom is 0.191 e. The first-order chi connectivity index (χ1) is 11.2. The van der Waals surface area contributed by atoms with Crippen LogP contribution in [0.1, 0.15) is 11.1 Å². The Hall–Kier alpha value is -1.28. The second-order valence-electron chi connectivity index (χ2n) is 5.08. The highest BCUT2D eigenvalue weighted by Gasteiger charge is 1.99. The average Bonchev–Trinajstić information content (AvgIpc) is 2.60. The molecule has 0 fully saturated rings. The normalized spacial score (nSPS) is 10.7. The predicted molar refractivity (Wildman–Crippen MR) is 114 cm³/mol. The third-order valence-corrected chi connectivity index (χ3v) is 3.99. The second-order valence-corrected chi connectivity index (χ2v) is 5.99. The van der Waals surface area contributed by atoms with Gasteiger partial charge < -0.3 is 15.4 Å². The fourth-order valence-electron chi connectivity index (χ4n) is 2.13. The number of hydrogen-bond acceptors (Lipinski definition) is 2. The first-order valence-electron chi connectivity index (χ1n) is 7.53. The van der Waals surface area contributed by atoms with E-state index >= 15 is 0 Å². The van der Waals surface area contributed by atoms with Crippen LogP contribution >= 0.6 is 39.9 Å². The Bertz CT molecular complexity index is 630. The Morgan fingerprint density at radius 2 is 1.62 bits per heavy atom. The fourth-order valence-corrected chi connectivity index (χ4v) is 2.39. The van der Waals surface area contributed by atoms with E-state index in [0.717, 1.165) is 35.7 Å². The van der Waals surface area contributed by atoms with Gasteiger partial charge in [-0.2, -0.15) is 0 Å². The molecule has 0 aliphatic carbocycles. The van der Waals surface area contributed by atoms with Crippen LogP contribution in [0.15, 0.2) is 58.0 Å². The van der Waals surface area contributed by atoms with Gasteiger partial charge in [0.05, 0.1) is 7.11 Å². The number of hydrogen-bond donors (Lipinski definition) is 2. The molecule has 0 radical (unpaired) electrons. The molecule has 2 aromatic carbocycles. The minimum absolute atomic E-state index is 0. The zero-order valence-corrected chi connectivity index (χ0v) is 17.8. The van der Waals surface area contributed by atoms with E-state index in [9.17, 15) is 0 Å². The molecule has 6 heteroatoms. The summed E-state index contributed by atoms with van der Waals surface area (Å²) >= 11 is 3.44. The average molecular weight is 504 g/mol. The lowest BCUT2D eigenvalue weighted by Crippen LogP contribution is -2.37. The standard InChI is InChI=1S/C18H22BrN3O.HI/c1-20-18(22-13-15-3-7-16(19)8-4-15)21-12-11-14-5-9-17(23-2)10-6-14;/h3-10H,11-13H2,1-2H3,(H2,20,21,22);1H. The minimum Gasteiger partial charge on any atom is -0.497 e.